The van der Waals surface area contributed by atoms with E-state index in [1.165, 1.54) is 0 Å². The Bertz CT molecular complexity index is 142. The Hall–Kier alpha value is -0.100. The van der Waals surface area contributed by atoms with Gasteiger partial charge in [-0.3, -0.25) is 0 Å². The van der Waals surface area contributed by atoms with Crippen LogP contribution in [0.15, 0.2) is 0 Å². The van der Waals surface area contributed by atoms with Gasteiger partial charge in [0.2, 0.25) is 6.16 Å². The molecule has 0 aliphatic heterocycles. The molecule has 0 saturated carbocycles. The molecule has 3 unspecified atom stereocenters. The Labute approximate surface area is 70.8 Å². The smallest absolute Gasteiger partial charge is 0.394 e. The molecule has 0 aliphatic carbocycles. The Balaban J connectivity index is 3.44. The van der Waals surface area contributed by atoms with Gasteiger partial charge in [-0.05, 0) is 4.57 Å². The van der Waals surface area contributed by atoms with E-state index in [0.717, 1.165) is 0 Å². The van der Waals surface area contributed by atoms with E-state index in [4.69, 9.17) is 21.1 Å². The molecule has 12 heavy (non-hydrogen) atoms. The minimum absolute atomic E-state index is 0.173. The van der Waals surface area contributed by atoms with Gasteiger partial charge < -0.3 is 21.1 Å². The van der Waals surface area contributed by atoms with E-state index >= 15 is 0 Å². The molecule has 0 aromatic heterocycles. The Kier molecular flexibility index (Phi) is 6.37. The van der Waals surface area contributed by atoms with Crippen molar-refractivity contribution in [3.05, 3.63) is 0 Å². The van der Waals surface area contributed by atoms with Crippen molar-refractivity contribution in [3.63, 3.8) is 0 Å². The molecule has 0 rings (SSSR count). The molecule has 0 saturated heterocycles. The second kappa shape index (κ2) is 6.42. The molecule has 5 N–H and O–H groups in total. The lowest BCUT2D eigenvalue weighted by atomic mass is 10.4. The largest absolute Gasteiger partial charge is 0.512 e. The summed E-state index contributed by atoms with van der Waals surface area (Å²) in [6.45, 7) is -0.674. The van der Waals surface area contributed by atoms with E-state index in [9.17, 15) is 4.57 Å². The van der Waals surface area contributed by atoms with E-state index in [-0.39, 0.29) is 12.8 Å². The summed E-state index contributed by atoms with van der Waals surface area (Å²) < 4.78 is 15.3. The molecule has 0 aromatic carbocycles. The monoisotopic (exact) mass is 198 g/mol. The SMILES string of the molecule is NC(O)C[P+](=O)OCC(O)CO. The van der Waals surface area contributed by atoms with Crippen molar-refractivity contribution >= 4 is 8.03 Å². The van der Waals surface area contributed by atoms with E-state index < -0.39 is 27.0 Å². The second-order valence-electron chi connectivity index (χ2n) is 2.21. The van der Waals surface area contributed by atoms with Gasteiger partial charge in [0.1, 0.15) is 18.9 Å². The Morgan fingerprint density at radius 3 is 2.50 bits per heavy atom. The minimum atomic E-state index is -2.05. The molecule has 0 aliphatic rings. The van der Waals surface area contributed by atoms with Crippen LogP contribution in [0.2, 0.25) is 0 Å². The highest BCUT2D eigenvalue weighted by atomic mass is 31.1. The zero-order valence-corrected chi connectivity index (χ0v) is 7.35. The first-order valence-electron chi connectivity index (χ1n) is 3.36. The molecule has 7 heteroatoms. The third-order valence-electron chi connectivity index (χ3n) is 0.958. The van der Waals surface area contributed by atoms with Crippen LogP contribution >= 0.6 is 8.03 Å². The normalized spacial score (nSPS) is 17.2. The molecule has 0 heterocycles. The lowest BCUT2D eigenvalue weighted by molar-refractivity contribution is 0.0556. The highest BCUT2D eigenvalue weighted by Crippen LogP contribution is 2.21. The topological polar surface area (TPSA) is 113 Å². The van der Waals surface area contributed by atoms with Gasteiger partial charge in [0.05, 0.1) is 6.61 Å². The van der Waals surface area contributed by atoms with Gasteiger partial charge >= 0.3 is 8.03 Å². The zero-order valence-electron chi connectivity index (χ0n) is 6.46. The fraction of sp³-hybridized carbons (Fsp3) is 1.00. The molecule has 6 nitrogen and oxygen atoms in total. The van der Waals surface area contributed by atoms with Gasteiger partial charge in [-0.1, -0.05) is 0 Å². The highest BCUT2D eigenvalue weighted by molar-refractivity contribution is 7.39. The molecule has 3 atom stereocenters. The maximum atomic E-state index is 10.8. The van der Waals surface area contributed by atoms with Crippen LogP contribution in [0.5, 0.6) is 0 Å². The maximum absolute atomic E-state index is 10.8. The van der Waals surface area contributed by atoms with E-state index in [1.807, 2.05) is 0 Å². The third kappa shape index (κ3) is 6.60. The van der Waals surface area contributed by atoms with Crippen LogP contribution in [0.1, 0.15) is 0 Å². The fourth-order valence-corrected chi connectivity index (χ4v) is 1.18. The van der Waals surface area contributed by atoms with Crippen LogP contribution in [0.3, 0.4) is 0 Å². The number of aliphatic hydroxyl groups is 3. The molecule has 72 valence electrons. The number of nitrogens with two attached hydrogens (primary N) is 1. The van der Waals surface area contributed by atoms with Crippen LogP contribution in [-0.2, 0) is 9.09 Å². The minimum Gasteiger partial charge on any atom is -0.394 e. The van der Waals surface area contributed by atoms with Gasteiger partial charge in [-0.2, -0.15) is 0 Å². The predicted octanol–water partition coefficient (Wildman–Crippen LogP) is -1.62. The summed E-state index contributed by atoms with van der Waals surface area (Å²) >= 11 is 0. The third-order valence-corrected chi connectivity index (χ3v) is 2.07. The van der Waals surface area contributed by atoms with Gasteiger partial charge in [0.15, 0.2) is 0 Å². The molecular formula is C5H13NO5P+. The summed E-state index contributed by atoms with van der Waals surface area (Å²) in [5.74, 6) is 0. The number of hydrogen-bond acceptors (Lipinski definition) is 6. The van der Waals surface area contributed by atoms with Gasteiger partial charge in [-0.25, -0.2) is 0 Å². The predicted molar refractivity (Wildman–Crippen MR) is 41.7 cm³/mol. The quantitative estimate of drug-likeness (QED) is 0.301. The lowest BCUT2D eigenvalue weighted by Crippen LogP contribution is -2.23. The molecule has 0 bridgehead atoms. The lowest BCUT2D eigenvalue weighted by Gasteiger charge is -2.00. The zero-order chi connectivity index (χ0) is 9.56. The van der Waals surface area contributed by atoms with Gasteiger partial charge in [0, 0.05) is 0 Å². The first-order chi connectivity index (χ1) is 5.56. The van der Waals surface area contributed by atoms with Crippen molar-refractivity contribution < 1.29 is 24.4 Å². The van der Waals surface area contributed by atoms with Gasteiger partial charge in [-0.15, -0.1) is 4.52 Å². The van der Waals surface area contributed by atoms with Crippen LogP contribution in [-0.4, -0.2) is 47.0 Å². The Morgan fingerprint density at radius 1 is 1.50 bits per heavy atom. The number of rotatable bonds is 6. The summed E-state index contributed by atoms with van der Waals surface area (Å²) in [5.41, 5.74) is 4.91. The molecule has 0 radical (unpaired) electrons. The molecule has 0 spiro atoms. The van der Waals surface area contributed by atoms with Crippen molar-refractivity contribution in [1.29, 1.82) is 0 Å². The van der Waals surface area contributed by atoms with Crippen LogP contribution in [0.25, 0.3) is 0 Å². The van der Waals surface area contributed by atoms with Crippen molar-refractivity contribution in [3.8, 4) is 0 Å². The highest BCUT2D eigenvalue weighted by Gasteiger charge is 2.22. The standard InChI is InChI=1S/C5H13NO5P/c6-5(9)3-12(10)11-2-4(8)1-7/h4-5,7-9H,1-3,6H2/q+1. The molecule has 0 aromatic rings. The summed E-state index contributed by atoms with van der Waals surface area (Å²) in [4.78, 5) is 0. The summed E-state index contributed by atoms with van der Waals surface area (Å²) in [7, 11) is -2.05. The first-order valence-corrected chi connectivity index (χ1v) is 4.72. The number of hydrogen-bond donors (Lipinski definition) is 4. The second-order valence-corrected chi connectivity index (χ2v) is 3.50. The number of aliphatic hydroxyl groups excluding tert-OH is 3. The van der Waals surface area contributed by atoms with Crippen molar-refractivity contribution in [2.45, 2.75) is 12.3 Å². The average Bonchev–Trinajstić information content (AvgIpc) is 1.99. The van der Waals surface area contributed by atoms with E-state index in [2.05, 4.69) is 4.52 Å². The summed E-state index contributed by atoms with van der Waals surface area (Å²) in [5, 5.41) is 25.6. The van der Waals surface area contributed by atoms with E-state index in [0.29, 0.717) is 0 Å². The van der Waals surface area contributed by atoms with Crippen LogP contribution < -0.4 is 5.73 Å². The van der Waals surface area contributed by atoms with Crippen molar-refractivity contribution in [1.82, 2.24) is 0 Å². The van der Waals surface area contributed by atoms with E-state index in [1.54, 1.807) is 0 Å². The van der Waals surface area contributed by atoms with Crippen LogP contribution in [0, 0.1) is 0 Å². The Morgan fingerprint density at radius 2 is 2.08 bits per heavy atom. The maximum Gasteiger partial charge on any atom is 0.512 e. The molecular weight excluding hydrogens is 185 g/mol. The van der Waals surface area contributed by atoms with Crippen molar-refractivity contribution in [2.24, 2.45) is 5.73 Å². The van der Waals surface area contributed by atoms with Crippen LogP contribution in [0.4, 0.5) is 0 Å². The molecule has 0 amide bonds. The molecule has 0 fully saturated rings. The summed E-state index contributed by atoms with van der Waals surface area (Å²) in [6.07, 6.45) is -2.40. The summed E-state index contributed by atoms with van der Waals surface area (Å²) in [6, 6.07) is 0. The first kappa shape index (κ1) is 11.9. The average molecular weight is 198 g/mol. The van der Waals surface area contributed by atoms with Crippen molar-refractivity contribution in [2.75, 3.05) is 19.4 Å². The fourth-order valence-electron chi connectivity index (χ4n) is 0.427. The van der Waals surface area contributed by atoms with Gasteiger partial charge in [0.25, 0.3) is 0 Å².